The number of nitriles is 1. The lowest BCUT2D eigenvalue weighted by molar-refractivity contribution is -0.129. The molecule has 0 saturated carbocycles. The van der Waals surface area contributed by atoms with E-state index in [2.05, 4.69) is 5.32 Å². The highest BCUT2D eigenvalue weighted by Gasteiger charge is 2.25. The van der Waals surface area contributed by atoms with E-state index in [0.717, 1.165) is 5.56 Å². The van der Waals surface area contributed by atoms with Crippen LogP contribution < -0.4 is 10.1 Å². The van der Waals surface area contributed by atoms with E-state index in [9.17, 15) is 9.59 Å². The summed E-state index contributed by atoms with van der Waals surface area (Å²) in [6, 6.07) is 8.87. The summed E-state index contributed by atoms with van der Waals surface area (Å²) in [4.78, 5) is 24.0. The zero-order valence-electron chi connectivity index (χ0n) is 13.2. The second-order valence-electron chi connectivity index (χ2n) is 5.16. The van der Waals surface area contributed by atoms with Crippen molar-refractivity contribution < 1.29 is 14.3 Å². The molecule has 1 unspecified atom stereocenters. The lowest BCUT2D eigenvalue weighted by atomic mass is 9.99. The molecule has 1 rings (SSSR count). The van der Waals surface area contributed by atoms with Crippen LogP contribution in [-0.2, 0) is 9.59 Å². The highest BCUT2D eigenvalue weighted by atomic mass is 16.5. The van der Waals surface area contributed by atoms with Crippen LogP contribution in [0.2, 0.25) is 0 Å². The third-order valence-electron chi connectivity index (χ3n) is 3.00. The van der Waals surface area contributed by atoms with Crippen LogP contribution in [0.15, 0.2) is 30.3 Å². The molecule has 0 spiro atoms. The summed E-state index contributed by atoms with van der Waals surface area (Å²) in [5, 5.41) is 11.7. The van der Waals surface area contributed by atoms with Crippen LogP contribution in [0.5, 0.6) is 5.75 Å². The minimum atomic E-state index is -1.34. The first-order valence-electron chi connectivity index (χ1n) is 6.96. The van der Waals surface area contributed by atoms with Crippen LogP contribution >= 0.6 is 0 Å². The monoisotopic (exact) mass is 300 g/mol. The Morgan fingerprint density at radius 1 is 1.32 bits per heavy atom. The third kappa shape index (κ3) is 4.45. The van der Waals surface area contributed by atoms with Gasteiger partial charge >= 0.3 is 0 Å². The van der Waals surface area contributed by atoms with Gasteiger partial charge in [-0.3, -0.25) is 9.59 Å². The standard InChI is InChI=1S/C17H20N2O3/c1-11(2)19-17(21)14(10-18)15(20)9-12(3)13-7-5-6-8-16(13)22-4/h5-9,11,14H,1-4H3,(H,19,21). The largest absolute Gasteiger partial charge is 0.496 e. The number of allylic oxidation sites excluding steroid dienone is 2. The van der Waals surface area contributed by atoms with Crippen LogP contribution in [-0.4, -0.2) is 24.8 Å². The maximum Gasteiger partial charge on any atom is 0.245 e. The van der Waals surface area contributed by atoms with E-state index in [1.807, 2.05) is 18.2 Å². The average Bonchev–Trinajstić information content (AvgIpc) is 2.46. The molecule has 0 bridgehead atoms. The zero-order chi connectivity index (χ0) is 16.7. The van der Waals surface area contributed by atoms with Crippen molar-refractivity contribution >= 4 is 17.3 Å². The number of ketones is 1. The van der Waals surface area contributed by atoms with Crippen LogP contribution in [0.4, 0.5) is 0 Å². The number of para-hydroxylation sites is 1. The van der Waals surface area contributed by atoms with Gasteiger partial charge in [0.05, 0.1) is 13.2 Å². The van der Waals surface area contributed by atoms with E-state index in [0.29, 0.717) is 11.3 Å². The lowest BCUT2D eigenvalue weighted by Crippen LogP contribution is -2.38. The zero-order valence-corrected chi connectivity index (χ0v) is 13.2. The summed E-state index contributed by atoms with van der Waals surface area (Å²) in [6.07, 6.45) is 1.31. The van der Waals surface area contributed by atoms with E-state index in [-0.39, 0.29) is 6.04 Å². The average molecular weight is 300 g/mol. The van der Waals surface area contributed by atoms with Crippen molar-refractivity contribution in [2.45, 2.75) is 26.8 Å². The Kier molecular flexibility index (Phi) is 6.33. The normalized spacial score (nSPS) is 12.5. The van der Waals surface area contributed by atoms with Gasteiger partial charge in [0.15, 0.2) is 11.7 Å². The van der Waals surface area contributed by atoms with Crippen molar-refractivity contribution in [3.8, 4) is 11.8 Å². The number of nitrogens with one attached hydrogen (secondary N) is 1. The van der Waals surface area contributed by atoms with Crippen molar-refractivity contribution in [3.05, 3.63) is 35.9 Å². The first kappa shape index (κ1) is 17.4. The maximum atomic E-state index is 12.2. The number of hydrogen-bond acceptors (Lipinski definition) is 4. The van der Waals surface area contributed by atoms with Gasteiger partial charge in [0.1, 0.15) is 5.75 Å². The van der Waals surface area contributed by atoms with Gasteiger partial charge in [-0.25, -0.2) is 0 Å². The van der Waals surface area contributed by atoms with Crippen molar-refractivity contribution in [1.29, 1.82) is 5.26 Å². The minimum Gasteiger partial charge on any atom is -0.496 e. The first-order chi connectivity index (χ1) is 10.4. The van der Waals surface area contributed by atoms with Gasteiger partial charge in [0.25, 0.3) is 0 Å². The van der Waals surface area contributed by atoms with Gasteiger partial charge in [0.2, 0.25) is 5.91 Å². The summed E-state index contributed by atoms with van der Waals surface area (Å²) in [7, 11) is 1.54. The van der Waals surface area contributed by atoms with Crippen molar-refractivity contribution in [2.75, 3.05) is 7.11 Å². The second kappa shape index (κ2) is 7.99. The summed E-state index contributed by atoms with van der Waals surface area (Å²) in [5.74, 6) is -1.83. The summed E-state index contributed by atoms with van der Waals surface area (Å²) >= 11 is 0. The van der Waals surface area contributed by atoms with Crippen molar-refractivity contribution in [2.24, 2.45) is 5.92 Å². The van der Waals surface area contributed by atoms with E-state index >= 15 is 0 Å². The van der Waals surface area contributed by atoms with Gasteiger partial charge < -0.3 is 10.1 Å². The van der Waals surface area contributed by atoms with E-state index in [1.165, 1.54) is 6.08 Å². The molecule has 0 aliphatic heterocycles. The minimum absolute atomic E-state index is 0.129. The summed E-state index contributed by atoms with van der Waals surface area (Å²) < 4.78 is 5.24. The number of ether oxygens (including phenoxy) is 1. The predicted octanol–water partition coefficient (Wildman–Crippen LogP) is 2.33. The van der Waals surface area contributed by atoms with Crippen LogP contribution in [0, 0.1) is 17.2 Å². The van der Waals surface area contributed by atoms with E-state index in [4.69, 9.17) is 10.00 Å². The predicted molar refractivity (Wildman–Crippen MR) is 84.0 cm³/mol. The number of amides is 1. The lowest BCUT2D eigenvalue weighted by Gasteiger charge is -2.12. The fourth-order valence-electron chi connectivity index (χ4n) is 1.96. The Labute approximate surface area is 130 Å². The Bertz CT molecular complexity index is 627. The van der Waals surface area contributed by atoms with Crippen molar-refractivity contribution in [3.63, 3.8) is 0 Å². The van der Waals surface area contributed by atoms with Crippen LogP contribution in [0.25, 0.3) is 5.57 Å². The molecule has 0 saturated heterocycles. The molecule has 0 aliphatic carbocycles. The SMILES string of the molecule is COc1ccccc1C(C)=CC(=O)C(C#N)C(=O)NC(C)C. The topological polar surface area (TPSA) is 79.2 Å². The van der Waals surface area contributed by atoms with Gasteiger partial charge in [-0.15, -0.1) is 0 Å². The molecular formula is C17H20N2O3. The number of carbonyl (C=O) groups is 2. The number of nitrogens with zero attached hydrogens (tertiary/aromatic N) is 1. The Morgan fingerprint density at radius 2 is 1.95 bits per heavy atom. The molecular weight excluding hydrogens is 280 g/mol. The molecule has 1 N–H and O–H groups in total. The molecule has 0 radical (unpaired) electrons. The molecule has 22 heavy (non-hydrogen) atoms. The van der Waals surface area contributed by atoms with Gasteiger partial charge in [-0.1, -0.05) is 18.2 Å². The third-order valence-corrected chi connectivity index (χ3v) is 3.00. The number of carbonyl (C=O) groups excluding carboxylic acids is 2. The number of rotatable bonds is 6. The number of hydrogen-bond donors (Lipinski definition) is 1. The number of benzene rings is 1. The quantitative estimate of drug-likeness (QED) is 0.646. The highest BCUT2D eigenvalue weighted by molar-refractivity contribution is 6.11. The van der Waals surface area contributed by atoms with E-state index < -0.39 is 17.6 Å². The first-order valence-corrected chi connectivity index (χ1v) is 6.96. The second-order valence-corrected chi connectivity index (χ2v) is 5.16. The Hall–Kier alpha value is -2.61. The molecule has 1 aromatic carbocycles. The molecule has 5 nitrogen and oxygen atoms in total. The molecule has 0 heterocycles. The molecule has 1 atom stereocenters. The smallest absolute Gasteiger partial charge is 0.245 e. The number of methoxy groups -OCH3 is 1. The fraction of sp³-hybridized carbons (Fsp3) is 0.353. The molecule has 0 aromatic heterocycles. The van der Waals surface area contributed by atoms with Crippen LogP contribution in [0.3, 0.4) is 0 Å². The van der Waals surface area contributed by atoms with Gasteiger partial charge in [-0.2, -0.15) is 5.26 Å². The Morgan fingerprint density at radius 3 is 2.50 bits per heavy atom. The molecule has 116 valence electrons. The summed E-state index contributed by atoms with van der Waals surface area (Å²) in [5.41, 5.74) is 1.39. The Balaban J connectivity index is 3.02. The fourth-order valence-corrected chi connectivity index (χ4v) is 1.96. The van der Waals surface area contributed by atoms with Crippen LogP contribution in [0.1, 0.15) is 26.3 Å². The molecule has 5 heteroatoms. The van der Waals surface area contributed by atoms with Gasteiger partial charge in [0, 0.05) is 11.6 Å². The highest BCUT2D eigenvalue weighted by Crippen LogP contribution is 2.25. The maximum absolute atomic E-state index is 12.2. The van der Waals surface area contributed by atoms with E-state index in [1.54, 1.807) is 40.0 Å². The molecule has 1 amide bonds. The summed E-state index contributed by atoms with van der Waals surface area (Å²) in [6.45, 7) is 5.28. The van der Waals surface area contributed by atoms with Crippen molar-refractivity contribution in [1.82, 2.24) is 5.32 Å². The molecule has 1 aromatic rings. The van der Waals surface area contributed by atoms with Gasteiger partial charge in [-0.05, 0) is 38.5 Å². The molecule has 0 fully saturated rings. The molecule has 0 aliphatic rings.